The number of nitrogens with zero attached hydrogens (tertiary/aromatic N) is 1. The van der Waals surface area contributed by atoms with E-state index in [4.69, 9.17) is 14.3 Å². The average Bonchev–Trinajstić information content (AvgIpc) is 2.83. The molecule has 0 spiro atoms. The van der Waals surface area contributed by atoms with Gasteiger partial charge < -0.3 is 9.05 Å². The Bertz CT molecular complexity index is 470. The molecule has 0 N–H and O–H groups in total. The molecule has 0 amide bonds. The van der Waals surface area contributed by atoms with Crippen LogP contribution in [0.2, 0.25) is 0 Å². The summed E-state index contributed by atoms with van der Waals surface area (Å²) in [7, 11) is -3.73. The molecule has 1 heterocycles. The molecule has 0 saturated carbocycles. The third kappa shape index (κ3) is 3.27. The number of ketones is 1. The molecule has 0 aliphatic carbocycles. The maximum Gasteiger partial charge on any atom is 0.355 e. The highest BCUT2D eigenvalue weighted by atomic mass is 32.1. The van der Waals surface area contributed by atoms with Gasteiger partial charge in [0.15, 0.2) is 0 Å². The lowest BCUT2D eigenvalue weighted by Gasteiger charge is -2.20. The predicted molar refractivity (Wildman–Crippen MR) is 68.9 cm³/mol. The average molecular weight is 287 g/mol. The Morgan fingerprint density at radius 2 is 2.11 bits per heavy atom. The van der Waals surface area contributed by atoms with Gasteiger partial charge >= 0.3 is 7.60 Å². The Morgan fingerprint density at radius 3 is 2.50 bits per heavy atom. The summed E-state index contributed by atoms with van der Waals surface area (Å²) < 4.78 is 22.5. The van der Waals surface area contributed by atoms with Crippen molar-refractivity contribution in [3.63, 3.8) is 0 Å². The van der Waals surface area contributed by atoms with Gasteiger partial charge in [-0.25, -0.2) is 0 Å². The second-order valence-corrected chi connectivity index (χ2v) is 6.31. The van der Waals surface area contributed by atoms with E-state index in [9.17, 15) is 9.36 Å². The van der Waals surface area contributed by atoms with Gasteiger partial charge in [0.05, 0.1) is 24.2 Å². The number of nitriles is 1. The number of carbonyl (C=O) groups excluding carboxylic acids is 1. The monoisotopic (exact) mass is 287 g/mol. The second-order valence-electron chi connectivity index (χ2n) is 3.25. The van der Waals surface area contributed by atoms with Crippen LogP contribution in [0.1, 0.15) is 23.5 Å². The number of hydrogen-bond donors (Lipinski definition) is 0. The maximum atomic E-state index is 12.4. The van der Waals surface area contributed by atoms with Gasteiger partial charge in [0.25, 0.3) is 0 Å². The smallest absolute Gasteiger partial charge is 0.308 e. The van der Waals surface area contributed by atoms with Gasteiger partial charge in [0.2, 0.25) is 11.4 Å². The van der Waals surface area contributed by atoms with Crippen LogP contribution in [-0.4, -0.2) is 24.7 Å². The van der Waals surface area contributed by atoms with E-state index in [1.165, 1.54) is 11.3 Å². The topological polar surface area (TPSA) is 76.4 Å². The summed E-state index contributed by atoms with van der Waals surface area (Å²) in [4.78, 5) is 12.5. The summed E-state index contributed by atoms with van der Waals surface area (Å²) in [5.41, 5.74) is -1.41. The van der Waals surface area contributed by atoms with Crippen LogP contribution in [0.4, 0.5) is 0 Å². The van der Waals surface area contributed by atoms with Crippen LogP contribution in [0.3, 0.4) is 0 Å². The van der Waals surface area contributed by atoms with E-state index in [-0.39, 0.29) is 13.2 Å². The Morgan fingerprint density at radius 1 is 1.50 bits per heavy atom. The van der Waals surface area contributed by atoms with Crippen molar-refractivity contribution in [1.29, 1.82) is 5.26 Å². The van der Waals surface area contributed by atoms with Crippen LogP contribution in [0, 0.1) is 11.3 Å². The van der Waals surface area contributed by atoms with E-state index < -0.39 is 19.0 Å². The zero-order chi connectivity index (χ0) is 13.6. The molecule has 1 aromatic heterocycles. The number of rotatable bonds is 7. The third-order valence-corrected chi connectivity index (χ3v) is 5.17. The molecule has 0 fully saturated rings. The SMILES string of the molecule is CCOP(=O)(OCC)C(C#N)C(=O)c1cccs1. The minimum absolute atomic E-state index is 0.118. The molecule has 18 heavy (non-hydrogen) atoms. The maximum absolute atomic E-state index is 12.4. The fourth-order valence-electron chi connectivity index (χ4n) is 1.37. The van der Waals surface area contributed by atoms with Crippen LogP contribution in [-0.2, 0) is 13.6 Å². The van der Waals surface area contributed by atoms with Crippen molar-refractivity contribution in [1.82, 2.24) is 0 Å². The highest BCUT2D eigenvalue weighted by Crippen LogP contribution is 2.53. The molecule has 7 heteroatoms. The summed E-state index contributed by atoms with van der Waals surface area (Å²) in [6.45, 7) is 3.51. The van der Waals surface area contributed by atoms with Crippen molar-refractivity contribution in [3.05, 3.63) is 22.4 Å². The molecule has 0 aromatic carbocycles. The van der Waals surface area contributed by atoms with Gasteiger partial charge in [0, 0.05) is 0 Å². The molecule has 0 aliphatic rings. The van der Waals surface area contributed by atoms with Crippen molar-refractivity contribution < 1.29 is 18.4 Å². The summed E-state index contributed by atoms with van der Waals surface area (Å²) >= 11 is 1.19. The molecule has 5 nitrogen and oxygen atoms in total. The number of hydrogen-bond acceptors (Lipinski definition) is 6. The highest BCUT2D eigenvalue weighted by molar-refractivity contribution is 7.56. The number of Topliss-reactive ketones (excluding diaryl/α,β-unsaturated/α-hetero) is 1. The van der Waals surface area contributed by atoms with Gasteiger partial charge in [-0.05, 0) is 25.3 Å². The number of carbonyl (C=O) groups is 1. The molecule has 1 aromatic rings. The number of thiophene rings is 1. The second kappa shape index (κ2) is 6.81. The Balaban J connectivity index is 3.04. The zero-order valence-electron chi connectivity index (χ0n) is 10.2. The quantitative estimate of drug-likeness (QED) is 0.569. The van der Waals surface area contributed by atoms with Crippen molar-refractivity contribution >= 4 is 24.7 Å². The fraction of sp³-hybridized carbons (Fsp3) is 0.455. The highest BCUT2D eigenvalue weighted by Gasteiger charge is 2.42. The first-order valence-corrected chi connectivity index (χ1v) is 7.94. The van der Waals surface area contributed by atoms with E-state index in [0.29, 0.717) is 4.88 Å². The lowest BCUT2D eigenvalue weighted by Crippen LogP contribution is -2.21. The van der Waals surface area contributed by atoms with Gasteiger partial charge in [-0.3, -0.25) is 9.36 Å². The molecule has 1 unspecified atom stereocenters. The van der Waals surface area contributed by atoms with Crippen molar-refractivity contribution in [2.24, 2.45) is 0 Å². The fourth-order valence-corrected chi connectivity index (χ4v) is 3.82. The van der Waals surface area contributed by atoms with Crippen molar-refractivity contribution in [2.75, 3.05) is 13.2 Å². The minimum atomic E-state index is -3.73. The standard InChI is InChI=1S/C11H14NO4PS/c1-3-15-17(14,16-4-2)9(8-12)11(13)10-6-5-7-18-10/h5-7,9H,3-4H2,1-2H3. The van der Waals surface area contributed by atoms with E-state index in [1.54, 1.807) is 37.4 Å². The van der Waals surface area contributed by atoms with Crippen LogP contribution >= 0.6 is 18.9 Å². The van der Waals surface area contributed by atoms with E-state index in [1.807, 2.05) is 0 Å². The van der Waals surface area contributed by atoms with E-state index >= 15 is 0 Å². The van der Waals surface area contributed by atoms with Crippen molar-refractivity contribution in [2.45, 2.75) is 19.5 Å². The summed E-state index contributed by atoms with van der Waals surface area (Å²) in [6, 6.07) is 5.02. The normalized spacial score (nSPS) is 12.9. The van der Waals surface area contributed by atoms with Crippen LogP contribution < -0.4 is 0 Å². The summed E-state index contributed by atoms with van der Waals surface area (Å²) in [6.07, 6.45) is 0. The molecule has 1 atom stereocenters. The van der Waals surface area contributed by atoms with Gasteiger partial charge in [-0.15, -0.1) is 11.3 Å². The van der Waals surface area contributed by atoms with Gasteiger partial charge in [-0.2, -0.15) is 5.26 Å². The molecule has 98 valence electrons. The largest absolute Gasteiger partial charge is 0.355 e. The first-order chi connectivity index (χ1) is 8.59. The van der Waals surface area contributed by atoms with Crippen LogP contribution in [0.25, 0.3) is 0 Å². The molecular weight excluding hydrogens is 273 g/mol. The molecular formula is C11H14NO4PS. The van der Waals surface area contributed by atoms with Gasteiger partial charge in [0.1, 0.15) is 0 Å². The van der Waals surface area contributed by atoms with Crippen LogP contribution in [0.15, 0.2) is 17.5 Å². The van der Waals surface area contributed by atoms with E-state index in [0.717, 1.165) is 0 Å². The minimum Gasteiger partial charge on any atom is -0.308 e. The summed E-state index contributed by atoms with van der Waals surface area (Å²) in [5.74, 6) is -0.516. The zero-order valence-corrected chi connectivity index (χ0v) is 11.9. The first-order valence-electron chi connectivity index (χ1n) is 5.45. The lowest BCUT2D eigenvalue weighted by molar-refractivity contribution is 0.0989. The Labute approximate surface area is 110 Å². The lowest BCUT2D eigenvalue weighted by atomic mass is 10.2. The third-order valence-electron chi connectivity index (χ3n) is 2.07. The molecule has 0 aliphatic heterocycles. The molecule has 1 rings (SSSR count). The first kappa shape index (κ1) is 15.1. The van der Waals surface area contributed by atoms with Crippen LogP contribution in [0.5, 0.6) is 0 Å². The van der Waals surface area contributed by atoms with E-state index in [2.05, 4.69) is 0 Å². The summed E-state index contributed by atoms with van der Waals surface area (Å²) in [5, 5.41) is 10.8. The molecule has 0 bridgehead atoms. The molecule has 0 saturated heterocycles. The van der Waals surface area contributed by atoms with Gasteiger partial charge in [-0.1, -0.05) is 6.07 Å². The molecule has 0 radical (unpaired) electrons. The Hall–Kier alpha value is -0.990. The predicted octanol–water partition coefficient (Wildman–Crippen LogP) is 3.09. The van der Waals surface area contributed by atoms with Crippen molar-refractivity contribution in [3.8, 4) is 6.07 Å². The Kier molecular flexibility index (Phi) is 5.70.